The summed E-state index contributed by atoms with van der Waals surface area (Å²) in [5.41, 5.74) is 2.25. The van der Waals surface area contributed by atoms with Gasteiger partial charge in [0.05, 0.1) is 31.5 Å². The van der Waals surface area contributed by atoms with E-state index in [0.29, 0.717) is 5.56 Å². The van der Waals surface area contributed by atoms with Gasteiger partial charge in [0.2, 0.25) is 5.75 Å². The molecule has 130 valence electrons. The maximum Gasteiger partial charge on any atom is 0.387 e. The summed E-state index contributed by atoms with van der Waals surface area (Å²) in [6, 6.07) is 10.6. The minimum atomic E-state index is -2.99. The minimum Gasteiger partial charge on any atom is -0.493 e. The highest BCUT2D eigenvalue weighted by atomic mass is 19.3. The summed E-state index contributed by atoms with van der Waals surface area (Å²) in [6.45, 7) is -2.99. The van der Waals surface area contributed by atoms with E-state index in [4.69, 9.17) is 9.47 Å². The maximum absolute atomic E-state index is 12.6. The van der Waals surface area contributed by atoms with E-state index in [9.17, 15) is 8.78 Å². The summed E-state index contributed by atoms with van der Waals surface area (Å²) in [4.78, 5) is 4.24. The SMILES string of the molecule is COc1cc(/C=N\n2cnc3ccccc32)cc(OC)c1OC(F)F. The van der Waals surface area contributed by atoms with Gasteiger partial charge in [-0.2, -0.15) is 13.9 Å². The third-order valence-corrected chi connectivity index (χ3v) is 3.46. The predicted octanol–water partition coefficient (Wildman–Crippen LogP) is 3.54. The fourth-order valence-corrected chi connectivity index (χ4v) is 2.35. The molecule has 0 aliphatic rings. The standard InChI is InChI=1S/C17H15F2N3O3/c1-23-14-7-11(8-15(24-2)16(14)25-17(18)19)9-21-22-10-20-12-5-3-4-6-13(12)22/h3-10,17H,1-2H3/b21-9-. The largest absolute Gasteiger partial charge is 0.493 e. The molecule has 6 nitrogen and oxygen atoms in total. The Hall–Kier alpha value is -3.16. The van der Waals surface area contributed by atoms with Crippen LogP contribution in [0.25, 0.3) is 11.0 Å². The molecule has 0 saturated carbocycles. The zero-order valence-corrected chi connectivity index (χ0v) is 13.5. The average molecular weight is 347 g/mol. The number of para-hydroxylation sites is 2. The Kier molecular flexibility index (Phi) is 4.78. The Morgan fingerprint density at radius 1 is 1.12 bits per heavy atom. The van der Waals surface area contributed by atoms with Crippen molar-refractivity contribution in [3.63, 3.8) is 0 Å². The zero-order valence-electron chi connectivity index (χ0n) is 13.5. The molecular formula is C17H15F2N3O3. The van der Waals surface area contributed by atoms with Gasteiger partial charge in [-0.05, 0) is 24.3 Å². The Labute approximate surface area is 142 Å². The summed E-state index contributed by atoms with van der Waals surface area (Å²) in [7, 11) is 2.72. The first-order valence-corrected chi connectivity index (χ1v) is 7.29. The second-order valence-corrected chi connectivity index (χ2v) is 4.96. The summed E-state index contributed by atoms with van der Waals surface area (Å²) >= 11 is 0. The van der Waals surface area contributed by atoms with Crippen LogP contribution < -0.4 is 14.2 Å². The summed E-state index contributed by atoms with van der Waals surface area (Å²) in [6.07, 6.45) is 3.13. The van der Waals surface area contributed by atoms with Crippen molar-refractivity contribution in [3.8, 4) is 17.2 Å². The average Bonchev–Trinajstić information content (AvgIpc) is 3.03. The van der Waals surface area contributed by atoms with Crippen molar-refractivity contribution in [2.45, 2.75) is 6.61 Å². The van der Waals surface area contributed by atoms with E-state index in [0.717, 1.165) is 11.0 Å². The maximum atomic E-state index is 12.6. The third-order valence-electron chi connectivity index (χ3n) is 3.46. The number of hydrogen-bond donors (Lipinski definition) is 0. The number of imidazole rings is 1. The van der Waals surface area contributed by atoms with Gasteiger partial charge >= 0.3 is 6.61 Å². The number of alkyl halides is 2. The van der Waals surface area contributed by atoms with E-state index in [2.05, 4.69) is 14.8 Å². The lowest BCUT2D eigenvalue weighted by Crippen LogP contribution is -2.06. The lowest BCUT2D eigenvalue weighted by Gasteiger charge is -2.14. The normalized spacial score (nSPS) is 11.4. The zero-order chi connectivity index (χ0) is 17.8. The number of nitrogens with zero attached hydrogens (tertiary/aromatic N) is 3. The van der Waals surface area contributed by atoms with Gasteiger partial charge in [0, 0.05) is 5.56 Å². The van der Waals surface area contributed by atoms with Crippen LogP contribution in [0.5, 0.6) is 17.2 Å². The van der Waals surface area contributed by atoms with Crippen LogP contribution in [-0.4, -0.2) is 36.7 Å². The molecule has 25 heavy (non-hydrogen) atoms. The van der Waals surface area contributed by atoms with Crippen LogP contribution in [0.1, 0.15) is 5.56 Å². The van der Waals surface area contributed by atoms with Gasteiger partial charge in [0.15, 0.2) is 11.5 Å². The molecular weight excluding hydrogens is 332 g/mol. The van der Waals surface area contributed by atoms with Crippen molar-refractivity contribution in [3.05, 3.63) is 48.3 Å². The van der Waals surface area contributed by atoms with Crippen LogP contribution in [0.3, 0.4) is 0 Å². The van der Waals surface area contributed by atoms with E-state index < -0.39 is 6.61 Å². The van der Waals surface area contributed by atoms with Crippen molar-refractivity contribution in [1.82, 2.24) is 9.66 Å². The monoisotopic (exact) mass is 347 g/mol. The number of rotatable bonds is 6. The van der Waals surface area contributed by atoms with Crippen molar-refractivity contribution in [2.24, 2.45) is 5.10 Å². The molecule has 2 aromatic carbocycles. The molecule has 0 saturated heterocycles. The van der Waals surface area contributed by atoms with Crippen LogP contribution in [-0.2, 0) is 0 Å². The Balaban J connectivity index is 1.97. The number of fused-ring (bicyclic) bond motifs is 1. The highest BCUT2D eigenvalue weighted by molar-refractivity contribution is 5.83. The van der Waals surface area contributed by atoms with Crippen LogP contribution in [0.4, 0.5) is 8.78 Å². The molecule has 0 aliphatic heterocycles. The molecule has 0 bridgehead atoms. The van der Waals surface area contributed by atoms with E-state index in [-0.39, 0.29) is 17.2 Å². The molecule has 3 rings (SSSR count). The quantitative estimate of drug-likeness (QED) is 0.640. The number of halogens is 2. The Morgan fingerprint density at radius 2 is 1.80 bits per heavy atom. The van der Waals surface area contributed by atoms with Gasteiger partial charge in [-0.15, -0.1) is 0 Å². The molecule has 0 aliphatic carbocycles. The van der Waals surface area contributed by atoms with Crippen LogP contribution >= 0.6 is 0 Å². The van der Waals surface area contributed by atoms with Gasteiger partial charge in [0.25, 0.3) is 0 Å². The molecule has 0 N–H and O–H groups in total. The number of benzene rings is 2. The molecule has 0 spiro atoms. The number of aromatic nitrogens is 2. The number of hydrogen-bond acceptors (Lipinski definition) is 5. The molecule has 0 fully saturated rings. The molecule has 8 heteroatoms. The molecule has 1 heterocycles. The highest BCUT2D eigenvalue weighted by Gasteiger charge is 2.17. The first-order chi connectivity index (χ1) is 12.1. The summed E-state index contributed by atoms with van der Waals surface area (Å²) < 4.78 is 41.5. The van der Waals surface area contributed by atoms with Gasteiger partial charge < -0.3 is 14.2 Å². The third kappa shape index (κ3) is 3.52. The van der Waals surface area contributed by atoms with E-state index in [1.807, 2.05) is 24.3 Å². The molecule has 0 amide bonds. The van der Waals surface area contributed by atoms with Crippen molar-refractivity contribution < 1.29 is 23.0 Å². The van der Waals surface area contributed by atoms with Gasteiger partial charge in [-0.25, -0.2) is 9.66 Å². The molecule has 1 aromatic heterocycles. The lowest BCUT2D eigenvalue weighted by molar-refractivity contribution is -0.0526. The fourth-order valence-electron chi connectivity index (χ4n) is 2.35. The smallest absolute Gasteiger partial charge is 0.387 e. The predicted molar refractivity (Wildman–Crippen MR) is 88.9 cm³/mol. The topological polar surface area (TPSA) is 57.9 Å². The van der Waals surface area contributed by atoms with Gasteiger partial charge in [-0.3, -0.25) is 0 Å². The second kappa shape index (κ2) is 7.16. The summed E-state index contributed by atoms with van der Waals surface area (Å²) in [5.74, 6) is 0.0819. The molecule has 0 unspecified atom stereocenters. The van der Waals surface area contributed by atoms with Crippen molar-refractivity contribution in [2.75, 3.05) is 14.2 Å². The summed E-state index contributed by atoms with van der Waals surface area (Å²) in [5, 5.41) is 4.34. The Bertz CT molecular complexity index is 884. The van der Waals surface area contributed by atoms with Crippen molar-refractivity contribution in [1.29, 1.82) is 0 Å². The Morgan fingerprint density at radius 3 is 2.44 bits per heavy atom. The second-order valence-electron chi connectivity index (χ2n) is 4.96. The van der Waals surface area contributed by atoms with E-state index >= 15 is 0 Å². The first-order valence-electron chi connectivity index (χ1n) is 7.29. The minimum absolute atomic E-state index is 0.122. The lowest BCUT2D eigenvalue weighted by atomic mass is 10.2. The van der Waals surface area contributed by atoms with Gasteiger partial charge in [0.1, 0.15) is 6.33 Å². The fraction of sp³-hybridized carbons (Fsp3) is 0.176. The van der Waals surface area contributed by atoms with Crippen molar-refractivity contribution >= 4 is 17.2 Å². The molecule has 0 radical (unpaired) electrons. The number of methoxy groups -OCH3 is 2. The highest BCUT2D eigenvalue weighted by Crippen LogP contribution is 2.39. The first kappa shape index (κ1) is 16.7. The van der Waals surface area contributed by atoms with E-state index in [1.165, 1.54) is 26.4 Å². The van der Waals surface area contributed by atoms with Crippen LogP contribution in [0, 0.1) is 0 Å². The molecule has 0 atom stereocenters. The van der Waals surface area contributed by atoms with Gasteiger partial charge in [-0.1, -0.05) is 12.1 Å². The molecule has 3 aromatic rings. The number of ether oxygens (including phenoxy) is 3. The van der Waals surface area contributed by atoms with Crippen LogP contribution in [0.15, 0.2) is 47.8 Å². The van der Waals surface area contributed by atoms with E-state index in [1.54, 1.807) is 17.2 Å². The van der Waals surface area contributed by atoms with Crippen LogP contribution in [0.2, 0.25) is 0 Å².